The number of carbonyl (C=O) groups excluding carboxylic acids is 1. The molecule has 0 aromatic rings. The van der Waals surface area contributed by atoms with Gasteiger partial charge in [-0.25, -0.2) is 4.79 Å². The molecular weight excluding hydrogens is 196 g/mol. The summed E-state index contributed by atoms with van der Waals surface area (Å²) in [5, 5.41) is 11.7. The highest BCUT2D eigenvalue weighted by Crippen LogP contribution is 2.46. The van der Waals surface area contributed by atoms with Gasteiger partial charge in [0.2, 0.25) is 5.91 Å². The zero-order valence-corrected chi connectivity index (χ0v) is 8.58. The Morgan fingerprint density at radius 3 is 2.13 bits per heavy atom. The van der Waals surface area contributed by atoms with Gasteiger partial charge in [0.25, 0.3) is 0 Å². The van der Waals surface area contributed by atoms with Gasteiger partial charge in [-0.1, -0.05) is 0 Å². The van der Waals surface area contributed by atoms with Crippen LogP contribution in [-0.2, 0) is 9.59 Å². The third-order valence-corrected chi connectivity index (χ3v) is 3.70. The van der Waals surface area contributed by atoms with Crippen LogP contribution in [0.4, 0.5) is 0 Å². The summed E-state index contributed by atoms with van der Waals surface area (Å²) >= 11 is 0. The third-order valence-electron chi connectivity index (χ3n) is 3.70. The van der Waals surface area contributed by atoms with E-state index >= 15 is 0 Å². The predicted octanol–water partition coefficient (Wildman–Crippen LogP) is -0.151. The average molecular weight is 212 g/mol. The van der Waals surface area contributed by atoms with Crippen molar-refractivity contribution in [1.29, 1.82) is 0 Å². The van der Waals surface area contributed by atoms with E-state index in [0.717, 1.165) is 19.3 Å². The molecule has 0 radical (unpaired) electrons. The Hall–Kier alpha value is -1.10. The molecular formula is C10H16N2O3. The van der Waals surface area contributed by atoms with Crippen molar-refractivity contribution in [3.63, 3.8) is 0 Å². The molecule has 0 saturated heterocycles. The smallest absolute Gasteiger partial charge is 0.329 e. The number of nitrogens with two attached hydrogens (primary N) is 1. The summed E-state index contributed by atoms with van der Waals surface area (Å²) in [5.41, 5.74) is 4.06. The van der Waals surface area contributed by atoms with E-state index in [9.17, 15) is 9.59 Å². The number of carbonyl (C=O) groups is 2. The number of carboxylic acid groups (broad SMARTS) is 1. The molecule has 2 saturated carbocycles. The summed E-state index contributed by atoms with van der Waals surface area (Å²) in [6, 6.07) is 0. The zero-order chi connectivity index (χ0) is 11.1. The minimum absolute atomic E-state index is 0.174. The number of hydrogen-bond donors (Lipinski definition) is 3. The van der Waals surface area contributed by atoms with Gasteiger partial charge in [-0.05, 0) is 32.1 Å². The Labute approximate surface area is 88.0 Å². The Morgan fingerprint density at radius 1 is 1.27 bits per heavy atom. The van der Waals surface area contributed by atoms with Gasteiger partial charge in [0.15, 0.2) is 0 Å². The van der Waals surface area contributed by atoms with Crippen molar-refractivity contribution in [2.75, 3.05) is 6.54 Å². The van der Waals surface area contributed by atoms with Gasteiger partial charge in [-0.3, -0.25) is 4.79 Å². The van der Waals surface area contributed by atoms with Crippen LogP contribution in [0, 0.1) is 5.41 Å². The average Bonchev–Trinajstić information content (AvgIpc) is 2.90. The van der Waals surface area contributed by atoms with Gasteiger partial charge in [0, 0.05) is 6.54 Å². The highest BCUT2D eigenvalue weighted by Gasteiger charge is 2.53. The van der Waals surface area contributed by atoms with E-state index in [0.29, 0.717) is 19.4 Å². The van der Waals surface area contributed by atoms with Crippen molar-refractivity contribution in [3.8, 4) is 0 Å². The second-order valence-corrected chi connectivity index (χ2v) is 4.68. The molecule has 0 aromatic heterocycles. The lowest BCUT2D eigenvalue weighted by atomic mass is 9.76. The molecule has 2 aliphatic carbocycles. The maximum absolute atomic E-state index is 11.8. The Balaban J connectivity index is 2.02. The minimum atomic E-state index is -0.998. The highest BCUT2D eigenvalue weighted by molar-refractivity contribution is 5.92. The second kappa shape index (κ2) is 3.20. The summed E-state index contributed by atoms with van der Waals surface area (Å²) in [5.74, 6) is -1.10. The van der Waals surface area contributed by atoms with Gasteiger partial charge in [0.1, 0.15) is 5.54 Å². The topological polar surface area (TPSA) is 92.4 Å². The van der Waals surface area contributed by atoms with Crippen LogP contribution >= 0.6 is 0 Å². The normalized spacial score (nSPS) is 25.1. The third kappa shape index (κ3) is 1.51. The molecule has 0 aromatic carbocycles. The standard InChI is InChI=1S/C10H16N2O3/c11-6-9(4-5-9)7(13)12-10(8(14)15)2-1-3-10/h1-6,11H2,(H,12,13)(H,14,15). The maximum atomic E-state index is 11.8. The SMILES string of the molecule is NCC1(C(=O)NC2(C(=O)O)CCC2)CC1. The van der Waals surface area contributed by atoms with Crippen LogP contribution in [0.2, 0.25) is 0 Å². The summed E-state index contributed by atoms with van der Waals surface area (Å²) in [7, 11) is 0. The van der Waals surface area contributed by atoms with Gasteiger partial charge in [0.05, 0.1) is 5.41 Å². The minimum Gasteiger partial charge on any atom is -0.480 e. The van der Waals surface area contributed by atoms with E-state index < -0.39 is 16.9 Å². The molecule has 0 spiro atoms. The van der Waals surface area contributed by atoms with E-state index in [1.54, 1.807) is 0 Å². The first-order valence-electron chi connectivity index (χ1n) is 5.31. The Bertz CT molecular complexity index is 306. The molecule has 0 aliphatic heterocycles. The Kier molecular flexibility index (Phi) is 2.22. The van der Waals surface area contributed by atoms with Crippen LogP contribution in [0.3, 0.4) is 0 Å². The van der Waals surface area contributed by atoms with Gasteiger partial charge in [-0.2, -0.15) is 0 Å². The van der Waals surface area contributed by atoms with E-state index in [2.05, 4.69) is 5.32 Å². The molecule has 2 rings (SSSR count). The zero-order valence-electron chi connectivity index (χ0n) is 8.58. The molecule has 2 aliphatic rings. The maximum Gasteiger partial charge on any atom is 0.329 e. The lowest BCUT2D eigenvalue weighted by Gasteiger charge is -2.39. The second-order valence-electron chi connectivity index (χ2n) is 4.68. The molecule has 84 valence electrons. The summed E-state index contributed by atoms with van der Waals surface area (Å²) in [4.78, 5) is 22.8. The predicted molar refractivity (Wildman–Crippen MR) is 53.1 cm³/mol. The fourth-order valence-corrected chi connectivity index (χ4v) is 1.95. The van der Waals surface area contributed by atoms with E-state index in [4.69, 9.17) is 10.8 Å². The van der Waals surface area contributed by atoms with Gasteiger partial charge >= 0.3 is 5.97 Å². The van der Waals surface area contributed by atoms with Crippen molar-refractivity contribution in [1.82, 2.24) is 5.32 Å². The van der Waals surface area contributed by atoms with Gasteiger partial charge < -0.3 is 16.2 Å². The van der Waals surface area contributed by atoms with Crippen molar-refractivity contribution >= 4 is 11.9 Å². The molecule has 0 unspecified atom stereocenters. The van der Waals surface area contributed by atoms with Crippen LogP contribution in [0.15, 0.2) is 0 Å². The number of amides is 1. The number of hydrogen-bond acceptors (Lipinski definition) is 3. The van der Waals surface area contributed by atoms with Crippen molar-refractivity contribution in [2.24, 2.45) is 11.1 Å². The molecule has 0 heterocycles. The summed E-state index contributed by atoms with van der Waals surface area (Å²) < 4.78 is 0. The van der Waals surface area contributed by atoms with Crippen molar-refractivity contribution < 1.29 is 14.7 Å². The molecule has 5 nitrogen and oxygen atoms in total. The summed E-state index contributed by atoms with van der Waals surface area (Å²) in [6.07, 6.45) is 3.50. The van der Waals surface area contributed by atoms with E-state index in [1.807, 2.05) is 0 Å². The number of aliphatic carboxylic acids is 1. The number of nitrogens with one attached hydrogen (secondary N) is 1. The molecule has 1 amide bonds. The molecule has 2 fully saturated rings. The molecule has 0 atom stereocenters. The van der Waals surface area contributed by atoms with Crippen LogP contribution in [-0.4, -0.2) is 29.1 Å². The van der Waals surface area contributed by atoms with E-state index in [-0.39, 0.29) is 5.91 Å². The lowest BCUT2D eigenvalue weighted by Crippen LogP contribution is -2.61. The van der Waals surface area contributed by atoms with Crippen LogP contribution in [0.1, 0.15) is 32.1 Å². The molecule has 5 heteroatoms. The molecule has 4 N–H and O–H groups in total. The molecule has 0 bridgehead atoms. The number of carboxylic acids is 1. The van der Waals surface area contributed by atoms with Crippen LogP contribution in [0.25, 0.3) is 0 Å². The fraction of sp³-hybridized carbons (Fsp3) is 0.800. The largest absolute Gasteiger partial charge is 0.480 e. The Morgan fingerprint density at radius 2 is 1.87 bits per heavy atom. The number of rotatable bonds is 4. The van der Waals surface area contributed by atoms with E-state index in [1.165, 1.54) is 0 Å². The molecule has 15 heavy (non-hydrogen) atoms. The van der Waals surface area contributed by atoms with Gasteiger partial charge in [-0.15, -0.1) is 0 Å². The fourth-order valence-electron chi connectivity index (χ4n) is 1.95. The highest BCUT2D eigenvalue weighted by atomic mass is 16.4. The summed E-state index contributed by atoms with van der Waals surface area (Å²) in [6.45, 7) is 0.314. The lowest BCUT2D eigenvalue weighted by molar-refractivity contribution is -0.152. The van der Waals surface area contributed by atoms with Crippen LogP contribution in [0.5, 0.6) is 0 Å². The van der Waals surface area contributed by atoms with Crippen molar-refractivity contribution in [2.45, 2.75) is 37.6 Å². The first-order valence-corrected chi connectivity index (χ1v) is 5.31. The first-order chi connectivity index (χ1) is 7.05. The van der Waals surface area contributed by atoms with Crippen LogP contribution < -0.4 is 11.1 Å². The van der Waals surface area contributed by atoms with Crippen molar-refractivity contribution in [3.05, 3.63) is 0 Å². The monoisotopic (exact) mass is 212 g/mol. The quantitative estimate of drug-likeness (QED) is 0.604. The first kappa shape index (κ1) is 10.4.